The van der Waals surface area contributed by atoms with E-state index >= 15 is 0 Å². The van der Waals surface area contributed by atoms with E-state index in [4.69, 9.17) is 0 Å². The largest absolute Gasteiger partial charge is 0.352 e. The van der Waals surface area contributed by atoms with E-state index in [1.807, 2.05) is 30.0 Å². The van der Waals surface area contributed by atoms with Gasteiger partial charge in [0.2, 0.25) is 11.8 Å². The smallest absolute Gasteiger partial charge is 0.240 e. The second-order valence-electron chi connectivity index (χ2n) is 10.0. The molecule has 0 spiro atoms. The van der Waals surface area contributed by atoms with Gasteiger partial charge < -0.3 is 10.2 Å². The summed E-state index contributed by atoms with van der Waals surface area (Å²) >= 11 is 0. The van der Waals surface area contributed by atoms with Gasteiger partial charge in [-0.05, 0) is 44.1 Å². The maximum atomic E-state index is 13.2. The third kappa shape index (κ3) is 5.52. The zero-order chi connectivity index (χ0) is 22.5. The first kappa shape index (κ1) is 23.2. The summed E-state index contributed by atoms with van der Waals surface area (Å²) in [5, 5.41) is 3.32. The molecule has 6 heteroatoms. The molecule has 6 nitrogen and oxygen atoms in total. The fourth-order valence-corrected chi connectivity index (χ4v) is 5.66. The molecule has 2 amide bonds. The van der Waals surface area contributed by atoms with Crippen LogP contribution in [0.4, 0.5) is 0 Å². The number of amides is 2. The van der Waals surface area contributed by atoms with Crippen LogP contribution in [0.25, 0.3) is 0 Å². The fourth-order valence-electron chi connectivity index (χ4n) is 5.66. The molecule has 4 atom stereocenters. The van der Waals surface area contributed by atoms with Gasteiger partial charge in [-0.3, -0.25) is 19.4 Å². The highest BCUT2D eigenvalue weighted by Crippen LogP contribution is 2.24. The standard InChI is InChI=1S/C26H40N4O2/c1-20-9-6-7-12-23(20)27-25(31)21(2)28-15-17-29(18-16-28)24-13-8-14-30(26(24)32)19-22-10-4-3-5-11-22/h3-5,10-11,20-21,23-24H,6-9,12-19H2,1-2H3,(H,27,31)/t20-,21-,23+,24-/m1/s1. The fraction of sp³-hybridized carbons (Fsp3) is 0.692. The molecule has 0 aromatic heterocycles. The Labute approximate surface area is 193 Å². The van der Waals surface area contributed by atoms with Crippen molar-refractivity contribution in [3.05, 3.63) is 35.9 Å². The minimum Gasteiger partial charge on any atom is -0.352 e. The number of likely N-dealkylation sites (tertiary alicyclic amines) is 1. The van der Waals surface area contributed by atoms with Gasteiger partial charge >= 0.3 is 0 Å². The van der Waals surface area contributed by atoms with E-state index in [1.165, 1.54) is 24.8 Å². The van der Waals surface area contributed by atoms with Gasteiger partial charge in [0, 0.05) is 45.3 Å². The lowest BCUT2D eigenvalue weighted by Crippen LogP contribution is -2.60. The predicted octanol–water partition coefficient (Wildman–Crippen LogP) is 2.88. The van der Waals surface area contributed by atoms with Gasteiger partial charge in [0.05, 0.1) is 12.1 Å². The first-order chi connectivity index (χ1) is 15.5. The monoisotopic (exact) mass is 440 g/mol. The zero-order valence-electron chi connectivity index (χ0n) is 19.8. The molecule has 3 fully saturated rings. The van der Waals surface area contributed by atoms with E-state index < -0.39 is 0 Å². The van der Waals surface area contributed by atoms with Crippen LogP contribution in [0.1, 0.15) is 57.9 Å². The van der Waals surface area contributed by atoms with Gasteiger partial charge in [0.25, 0.3) is 0 Å². The molecule has 1 saturated carbocycles. The first-order valence-corrected chi connectivity index (χ1v) is 12.6. The van der Waals surface area contributed by atoms with Crippen LogP contribution in [0.3, 0.4) is 0 Å². The molecule has 1 aromatic carbocycles. The van der Waals surface area contributed by atoms with Crippen molar-refractivity contribution < 1.29 is 9.59 Å². The molecule has 0 unspecified atom stereocenters. The van der Waals surface area contributed by atoms with Gasteiger partial charge in [-0.1, -0.05) is 50.1 Å². The van der Waals surface area contributed by atoms with Gasteiger partial charge in [-0.25, -0.2) is 0 Å². The Morgan fingerprint density at radius 2 is 1.72 bits per heavy atom. The van der Waals surface area contributed by atoms with Crippen molar-refractivity contribution in [2.45, 2.75) is 77.0 Å². The van der Waals surface area contributed by atoms with Crippen molar-refractivity contribution in [2.75, 3.05) is 32.7 Å². The lowest BCUT2D eigenvalue weighted by molar-refractivity contribution is -0.142. The number of piperazine rings is 1. The zero-order valence-corrected chi connectivity index (χ0v) is 19.8. The van der Waals surface area contributed by atoms with E-state index in [-0.39, 0.29) is 23.9 Å². The molecule has 2 saturated heterocycles. The molecule has 176 valence electrons. The Bertz CT molecular complexity index is 762. The highest BCUT2D eigenvalue weighted by atomic mass is 16.2. The number of hydrogen-bond acceptors (Lipinski definition) is 4. The van der Waals surface area contributed by atoms with Crippen molar-refractivity contribution in [3.8, 4) is 0 Å². The van der Waals surface area contributed by atoms with E-state index in [1.54, 1.807) is 0 Å². The Balaban J connectivity index is 1.27. The molecular weight excluding hydrogens is 400 g/mol. The lowest BCUT2D eigenvalue weighted by atomic mass is 9.86. The highest BCUT2D eigenvalue weighted by Gasteiger charge is 2.36. The number of nitrogens with zero attached hydrogens (tertiary/aromatic N) is 3. The average Bonchev–Trinajstić information content (AvgIpc) is 2.82. The summed E-state index contributed by atoms with van der Waals surface area (Å²) in [6.07, 6.45) is 6.83. The third-order valence-corrected chi connectivity index (χ3v) is 7.87. The van der Waals surface area contributed by atoms with Crippen LogP contribution in [0, 0.1) is 5.92 Å². The van der Waals surface area contributed by atoms with Crippen LogP contribution in [0.15, 0.2) is 30.3 Å². The molecule has 1 N–H and O–H groups in total. The molecule has 32 heavy (non-hydrogen) atoms. The number of carbonyl (C=O) groups is 2. The van der Waals surface area contributed by atoms with Gasteiger partial charge in [0.1, 0.15) is 0 Å². The topological polar surface area (TPSA) is 55.9 Å². The Kier molecular flexibility index (Phi) is 7.84. The van der Waals surface area contributed by atoms with Crippen molar-refractivity contribution in [1.29, 1.82) is 0 Å². The Morgan fingerprint density at radius 1 is 1.00 bits per heavy atom. The summed E-state index contributed by atoms with van der Waals surface area (Å²) in [6.45, 7) is 9.24. The maximum Gasteiger partial charge on any atom is 0.240 e. The maximum absolute atomic E-state index is 13.2. The second-order valence-corrected chi connectivity index (χ2v) is 10.0. The molecule has 4 rings (SSSR count). The van der Waals surface area contributed by atoms with Crippen LogP contribution in [0.2, 0.25) is 0 Å². The van der Waals surface area contributed by atoms with Crippen molar-refractivity contribution in [2.24, 2.45) is 5.92 Å². The summed E-state index contributed by atoms with van der Waals surface area (Å²) in [4.78, 5) is 32.8. The normalized spacial score (nSPS) is 29.0. The van der Waals surface area contributed by atoms with Crippen LogP contribution < -0.4 is 5.32 Å². The molecule has 3 aliphatic rings. The van der Waals surface area contributed by atoms with E-state index in [0.29, 0.717) is 18.5 Å². The number of benzene rings is 1. The Hall–Kier alpha value is -1.92. The van der Waals surface area contributed by atoms with Crippen molar-refractivity contribution in [3.63, 3.8) is 0 Å². The quantitative estimate of drug-likeness (QED) is 0.739. The number of carbonyl (C=O) groups excluding carboxylic acids is 2. The van der Waals surface area contributed by atoms with E-state index in [0.717, 1.165) is 52.0 Å². The van der Waals surface area contributed by atoms with Gasteiger partial charge in [-0.2, -0.15) is 0 Å². The molecule has 2 heterocycles. The second kappa shape index (κ2) is 10.8. The lowest BCUT2D eigenvalue weighted by Gasteiger charge is -2.44. The molecular formula is C26H40N4O2. The Morgan fingerprint density at radius 3 is 2.44 bits per heavy atom. The van der Waals surface area contributed by atoms with Crippen molar-refractivity contribution in [1.82, 2.24) is 20.0 Å². The average molecular weight is 441 g/mol. The van der Waals surface area contributed by atoms with Crippen LogP contribution in [0.5, 0.6) is 0 Å². The number of nitrogens with one attached hydrogen (secondary N) is 1. The van der Waals surface area contributed by atoms with E-state index in [2.05, 4.69) is 34.2 Å². The predicted molar refractivity (Wildman–Crippen MR) is 127 cm³/mol. The summed E-state index contributed by atoms with van der Waals surface area (Å²) in [7, 11) is 0. The van der Waals surface area contributed by atoms with Gasteiger partial charge in [0.15, 0.2) is 0 Å². The number of hydrogen-bond donors (Lipinski definition) is 1. The summed E-state index contributed by atoms with van der Waals surface area (Å²) in [5.41, 5.74) is 1.19. The van der Waals surface area contributed by atoms with Gasteiger partial charge in [-0.15, -0.1) is 0 Å². The molecule has 1 aromatic rings. The first-order valence-electron chi connectivity index (χ1n) is 12.6. The van der Waals surface area contributed by atoms with Crippen LogP contribution in [-0.4, -0.2) is 77.4 Å². The molecule has 0 bridgehead atoms. The van der Waals surface area contributed by atoms with E-state index in [9.17, 15) is 9.59 Å². The molecule has 0 radical (unpaired) electrons. The molecule has 1 aliphatic carbocycles. The third-order valence-electron chi connectivity index (χ3n) is 7.87. The minimum atomic E-state index is -0.108. The summed E-state index contributed by atoms with van der Waals surface area (Å²) < 4.78 is 0. The van der Waals surface area contributed by atoms with Crippen molar-refractivity contribution >= 4 is 11.8 Å². The SMILES string of the molecule is C[C@@H]1CCCC[C@@H]1NC(=O)[C@@H](C)N1CCN([C@@H]2CCCN(Cc3ccccc3)C2=O)CC1. The number of piperidine rings is 1. The minimum absolute atomic E-state index is 0.0122. The highest BCUT2D eigenvalue weighted by molar-refractivity contribution is 5.83. The van der Waals surface area contributed by atoms with Crippen LogP contribution >= 0.6 is 0 Å². The van der Waals surface area contributed by atoms with Crippen LogP contribution in [-0.2, 0) is 16.1 Å². The summed E-state index contributed by atoms with van der Waals surface area (Å²) in [5.74, 6) is 1.01. The summed E-state index contributed by atoms with van der Waals surface area (Å²) in [6, 6.07) is 10.5. The molecule has 2 aliphatic heterocycles. The number of rotatable bonds is 6.